The predicted molar refractivity (Wildman–Crippen MR) is 121 cm³/mol. The lowest BCUT2D eigenvalue weighted by Crippen LogP contribution is -2.13. The second kappa shape index (κ2) is 9.33. The highest BCUT2D eigenvalue weighted by atomic mass is 32.2. The van der Waals surface area contributed by atoms with Crippen LogP contribution in [0.25, 0.3) is 0 Å². The maximum absolute atomic E-state index is 12.9. The van der Waals surface area contributed by atoms with Gasteiger partial charge in [0.15, 0.2) is 0 Å². The fourth-order valence-corrected chi connectivity index (χ4v) is 3.86. The van der Waals surface area contributed by atoms with Crippen LogP contribution in [-0.2, 0) is 5.75 Å². The summed E-state index contributed by atoms with van der Waals surface area (Å²) in [6.45, 7) is 1.89. The van der Waals surface area contributed by atoms with Crippen molar-refractivity contribution < 1.29 is 9.32 Å². The molecule has 0 saturated carbocycles. The molecule has 1 amide bonds. The normalized spacial score (nSPS) is 10.6. The number of benzene rings is 3. The van der Waals surface area contributed by atoms with E-state index in [0.717, 1.165) is 33.4 Å². The van der Waals surface area contributed by atoms with Crippen molar-refractivity contribution in [1.29, 1.82) is 0 Å². The van der Waals surface area contributed by atoms with Gasteiger partial charge in [0, 0.05) is 28.0 Å². The van der Waals surface area contributed by atoms with Gasteiger partial charge in [0.25, 0.3) is 5.91 Å². The summed E-state index contributed by atoms with van der Waals surface area (Å²) in [5, 5.41) is 10.2. The lowest BCUT2D eigenvalue weighted by atomic mass is 10.2. The van der Waals surface area contributed by atoms with Gasteiger partial charge in [-0.15, -0.1) is 11.8 Å². The number of aryl methyl sites for hydroxylation is 1. The highest BCUT2D eigenvalue weighted by molar-refractivity contribution is 7.98. The summed E-state index contributed by atoms with van der Waals surface area (Å²) in [6.07, 6.45) is 0. The minimum Gasteiger partial charge on any atom is -0.360 e. The zero-order valence-electron chi connectivity index (χ0n) is 16.5. The van der Waals surface area contributed by atoms with Crippen molar-refractivity contribution in [3.8, 4) is 0 Å². The van der Waals surface area contributed by atoms with Gasteiger partial charge in [-0.2, -0.15) is 0 Å². The molecule has 0 fully saturated rings. The van der Waals surface area contributed by atoms with Gasteiger partial charge in [0.2, 0.25) is 0 Å². The molecule has 0 saturated heterocycles. The van der Waals surface area contributed by atoms with E-state index in [4.69, 9.17) is 4.52 Å². The number of hydrogen-bond donors (Lipinski definition) is 2. The minimum atomic E-state index is -0.143. The van der Waals surface area contributed by atoms with Gasteiger partial charge in [-0.05, 0) is 55.5 Å². The van der Waals surface area contributed by atoms with E-state index < -0.39 is 0 Å². The van der Waals surface area contributed by atoms with E-state index >= 15 is 0 Å². The summed E-state index contributed by atoms with van der Waals surface area (Å²) in [5.74, 6) is 1.26. The van der Waals surface area contributed by atoms with Crippen LogP contribution in [0.4, 0.5) is 17.1 Å². The molecule has 1 heterocycles. The van der Waals surface area contributed by atoms with Crippen LogP contribution in [0, 0.1) is 6.92 Å². The van der Waals surface area contributed by atoms with Crippen LogP contribution in [0.1, 0.15) is 21.8 Å². The number of rotatable bonds is 7. The first-order valence-electron chi connectivity index (χ1n) is 9.55. The monoisotopic (exact) mass is 415 g/mol. The number of hydrogen-bond acceptors (Lipinski definition) is 5. The molecular weight excluding hydrogens is 394 g/mol. The zero-order valence-corrected chi connectivity index (χ0v) is 17.3. The summed E-state index contributed by atoms with van der Waals surface area (Å²) in [6, 6.07) is 27.1. The molecule has 0 bridgehead atoms. The number of aromatic nitrogens is 1. The lowest BCUT2D eigenvalue weighted by Gasteiger charge is -2.11. The molecule has 30 heavy (non-hydrogen) atoms. The Balaban J connectivity index is 1.41. The number of anilines is 3. The number of carbonyl (C=O) groups is 1. The number of carbonyl (C=O) groups excluding carboxylic acids is 1. The van der Waals surface area contributed by atoms with Crippen molar-refractivity contribution in [3.05, 3.63) is 102 Å². The predicted octanol–water partition coefficient (Wildman–Crippen LogP) is 6.27. The van der Waals surface area contributed by atoms with E-state index in [9.17, 15) is 4.79 Å². The van der Waals surface area contributed by atoms with Crippen molar-refractivity contribution in [2.75, 3.05) is 10.6 Å². The summed E-state index contributed by atoms with van der Waals surface area (Å²) in [7, 11) is 0. The molecule has 1 aromatic heterocycles. The van der Waals surface area contributed by atoms with Crippen LogP contribution in [0.15, 0.2) is 94.3 Å². The fourth-order valence-electron chi connectivity index (χ4n) is 2.94. The smallest absolute Gasteiger partial charge is 0.256 e. The molecule has 4 rings (SSSR count). The van der Waals surface area contributed by atoms with Crippen molar-refractivity contribution in [1.82, 2.24) is 5.16 Å². The van der Waals surface area contributed by atoms with E-state index in [-0.39, 0.29) is 5.91 Å². The van der Waals surface area contributed by atoms with Crippen LogP contribution in [0.2, 0.25) is 0 Å². The SMILES string of the molecule is Cc1cc(CSc2ccccc2C(=O)Nc2ccc(Nc3ccccc3)cc2)on1. The highest BCUT2D eigenvalue weighted by Crippen LogP contribution is 2.27. The number of nitrogens with one attached hydrogen (secondary N) is 2. The number of nitrogens with zero attached hydrogens (tertiary/aromatic N) is 1. The minimum absolute atomic E-state index is 0.143. The molecular formula is C24H21N3O2S. The van der Waals surface area contributed by atoms with E-state index in [1.54, 1.807) is 11.8 Å². The van der Waals surface area contributed by atoms with Gasteiger partial charge in [-0.1, -0.05) is 35.5 Å². The molecule has 5 nitrogen and oxygen atoms in total. The molecule has 0 unspecified atom stereocenters. The largest absolute Gasteiger partial charge is 0.360 e. The number of para-hydroxylation sites is 1. The third-order valence-corrected chi connectivity index (χ3v) is 5.48. The van der Waals surface area contributed by atoms with Gasteiger partial charge < -0.3 is 15.2 Å². The second-order valence-corrected chi connectivity index (χ2v) is 7.76. The molecule has 0 atom stereocenters. The molecule has 0 aliphatic rings. The topological polar surface area (TPSA) is 67.2 Å². The Bertz CT molecular complexity index is 1120. The summed E-state index contributed by atoms with van der Waals surface area (Å²) >= 11 is 1.55. The average molecular weight is 416 g/mol. The van der Waals surface area contributed by atoms with Crippen LogP contribution >= 0.6 is 11.8 Å². The number of amides is 1. The van der Waals surface area contributed by atoms with E-state index in [1.165, 1.54) is 0 Å². The molecule has 0 radical (unpaired) electrons. The molecule has 0 spiro atoms. The van der Waals surface area contributed by atoms with Crippen molar-refractivity contribution in [3.63, 3.8) is 0 Å². The highest BCUT2D eigenvalue weighted by Gasteiger charge is 2.13. The first-order chi connectivity index (χ1) is 14.7. The third-order valence-electron chi connectivity index (χ3n) is 4.38. The molecule has 0 aliphatic carbocycles. The Hall–Kier alpha value is -3.51. The van der Waals surface area contributed by atoms with Crippen LogP contribution in [0.3, 0.4) is 0 Å². The molecule has 0 aliphatic heterocycles. The molecule has 6 heteroatoms. The standard InChI is InChI=1S/C24H21N3O2S/c1-17-15-21(29-27-17)16-30-23-10-6-5-9-22(23)24(28)26-20-13-11-19(12-14-20)25-18-7-3-2-4-8-18/h2-15,25H,16H2,1H3,(H,26,28). The second-order valence-electron chi connectivity index (χ2n) is 6.74. The van der Waals surface area contributed by atoms with Crippen molar-refractivity contribution >= 4 is 34.7 Å². The van der Waals surface area contributed by atoms with Gasteiger partial charge in [0.05, 0.1) is 17.0 Å². The maximum Gasteiger partial charge on any atom is 0.256 e. The zero-order chi connectivity index (χ0) is 20.8. The fraction of sp³-hybridized carbons (Fsp3) is 0.0833. The Morgan fingerprint density at radius 2 is 1.57 bits per heavy atom. The first-order valence-corrected chi connectivity index (χ1v) is 10.5. The Labute approximate surface area is 179 Å². The summed E-state index contributed by atoms with van der Waals surface area (Å²) in [5.41, 5.74) is 4.19. The maximum atomic E-state index is 12.9. The quantitative estimate of drug-likeness (QED) is 0.348. The van der Waals surface area contributed by atoms with E-state index in [0.29, 0.717) is 11.3 Å². The van der Waals surface area contributed by atoms with Gasteiger partial charge in [-0.3, -0.25) is 4.79 Å². The Morgan fingerprint density at radius 1 is 0.900 bits per heavy atom. The van der Waals surface area contributed by atoms with Crippen molar-refractivity contribution in [2.45, 2.75) is 17.6 Å². The van der Waals surface area contributed by atoms with Crippen LogP contribution in [-0.4, -0.2) is 11.1 Å². The summed E-state index contributed by atoms with van der Waals surface area (Å²) < 4.78 is 5.26. The van der Waals surface area contributed by atoms with Gasteiger partial charge in [0.1, 0.15) is 5.76 Å². The number of thioether (sulfide) groups is 1. The Kier molecular flexibility index (Phi) is 6.15. The first kappa shape index (κ1) is 19.8. The van der Waals surface area contributed by atoms with E-state index in [2.05, 4.69) is 15.8 Å². The summed E-state index contributed by atoms with van der Waals surface area (Å²) in [4.78, 5) is 13.7. The van der Waals surface area contributed by atoms with Crippen molar-refractivity contribution in [2.24, 2.45) is 0 Å². The van der Waals surface area contributed by atoms with Gasteiger partial charge >= 0.3 is 0 Å². The lowest BCUT2D eigenvalue weighted by molar-refractivity contribution is 0.102. The van der Waals surface area contributed by atoms with Crippen LogP contribution < -0.4 is 10.6 Å². The third kappa shape index (κ3) is 5.10. The van der Waals surface area contributed by atoms with Crippen LogP contribution in [0.5, 0.6) is 0 Å². The molecule has 2 N–H and O–H groups in total. The molecule has 4 aromatic rings. The molecule has 3 aromatic carbocycles. The van der Waals surface area contributed by atoms with Gasteiger partial charge in [-0.25, -0.2) is 0 Å². The Morgan fingerprint density at radius 3 is 2.30 bits per heavy atom. The van der Waals surface area contributed by atoms with E-state index in [1.807, 2.05) is 91.9 Å². The average Bonchev–Trinajstić information content (AvgIpc) is 3.20. The molecule has 150 valence electrons.